The first kappa shape index (κ1) is 22.0. The van der Waals surface area contributed by atoms with E-state index in [9.17, 15) is 14.7 Å². The lowest BCUT2D eigenvalue weighted by atomic mass is 9.47. The van der Waals surface area contributed by atoms with Crippen LogP contribution < -0.4 is 0 Å². The van der Waals surface area contributed by atoms with Gasteiger partial charge in [0.05, 0.1) is 12.0 Å². The van der Waals surface area contributed by atoms with Crippen molar-refractivity contribution in [1.82, 2.24) is 0 Å². The van der Waals surface area contributed by atoms with Crippen LogP contribution in [0.15, 0.2) is 23.8 Å². The molecule has 1 N–H and O–H groups in total. The number of ether oxygens (including phenoxy) is 2. The number of carbonyl (C=O) groups is 2. The van der Waals surface area contributed by atoms with E-state index in [-0.39, 0.29) is 52.4 Å². The molecule has 1 spiro atoms. The van der Waals surface area contributed by atoms with E-state index in [1.165, 1.54) is 5.57 Å². The Hall–Kier alpha value is -1.46. The van der Waals surface area contributed by atoms with Crippen LogP contribution in [-0.4, -0.2) is 34.9 Å². The molecule has 0 unspecified atom stereocenters. The molecule has 5 nitrogen and oxygen atoms in total. The number of aliphatic hydroxyl groups excluding tert-OH is 1. The molecule has 6 rings (SSSR count). The maximum absolute atomic E-state index is 12.4. The number of aliphatic hydroxyl groups is 1. The molecule has 2 saturated heterocycles. The van der Waals surface area contributed by atoms with Gasteiger partial charge in [-0.2, -0.15) is 0 Å². The molecule has 0 bridgehead atoms. The van der Waals surface area contributed by atoms with Crippen molar-refractivity contribution in [2.24, 2.45) is 52.3 Å². The zero-order valence-electron chi connectivity index (χ0n) is 20.5. The molecule has 3 saturated carbocycles. The van der Waals surface area contributed by atoms with Gasteiger partial charge >= 0.3 is 5.97 Å². The van der Waals surface area contributed by atoms with Gasteiger partial charge in [-0.25, -0.2) is 0 Å². The average molecular weight is 455 g/mol. The summed E-state index contributed by atoms with van der Waals surface area (Å²) in [5.74, 6) is 0.146. The maximum Gasteiger partial charge on any atom is 0.311 e. The van der Waals surface area contributed by atoms with Crippen molar-refractivity contribution in [2.75, 3.05) is 0 Å². The number of allylic oxidation sites excluding steroid dienone is 4. The fourth-order valence-corrected chi connectivity index (χ4v) is 9.51. The Morgan fingerprint density at radius 3 is 2.55 bits per heavy atom. The second-order valence-electron chi connectivity index (χ2n) is 12.6. The summed E-state index contributed by atoms with van der Waals surface area (Å²) in [6, 6.07) is 0. The number of fused-ring (bicyclic) bond motifs is 7. The van der Waals surface area contributed by atoms with Gasteiger partial charge in [0.15, 0.2) is 5.78 Å². The van der Waals surface area contributed by atoms with Crippen LogP contribution in [0.25, 0.3) is 0 Å². The smallest absolute Gasteiger partial charge is 0.311 e. The first-order chi connectivity index (χ1) is 15.5. The third kappa shape index (κ3) is 2.61. The summed E-state index contributed by atoms with van der Waals surface area (Å²) in [6.45, 7) is 10.8. The summed E-state index contributed by atoms with van der Waals surface area (Å²) >= 11 is 0. The average Bonchev–Trinajstić information content (AvgIpc) is 3.18. The lowest BCUT2D eigenvalue weighted by molar-refractivity contribution is -0.336. The maximum atomic E-state index is 12.4. The molecule has 0 aromatic carbocycles. The Balaban J connectivity index is 1.34. The highest BCUT2D eigenvalue weighted by Crippen LogP contribution is 2.69. The quantitative estimate of drug-likeness (QED) is 0.548. The van der Waals surface area contributed by atoms with E-state index in [1.54, 1.807) is 6.08 Å². The third-order valence-electron chi connectivity index (χ3n) is 11.5. The lowest BCUT2D eigenvalue weighted by Gasteiger charge is -2.58. The van der Waals surface area contributed by atoms with Gasteiger partial charge in [-0.1, -0.05) is 46.3 Å². The molecule has 5 fully saturated rings. The molecule has 0 aromatic rings. The zero-order valence-corrected chi connectivity index (χ0v) is 20.5. The molecule has 33 heavy (non-hydrogen) atoms. The fraction of sp³-hybridized carbons (Fsp3) is 0.786. The van der Waals surface area contributed by atoms with Crippen molar-refractivity contribution in [1.29, 1.82) is 0 Å². The summed E-state index contributed by atoms with van der Waals surface area (Å²) in [6.07, 6.45) is 10.4. The van der Waals surface area contributed by atoms with Crippen LogP contribution >= 0.6 is 0 Å². The summed E-state index contributed by atoms with van der Waals surface area (Å²) in [5, 5.41) is 11.5. The van der Waals surface area contributed by atoms with Gasteiger partial charge in [0.25, 0.3) is 0 Å². The first-order valence-electron chi connectivity index (χ1n) is 13.1. The minimum absolute atomic E-state index is 0.00548. The van der Waals surface area contributed by atoms with E-state index < -0.39 is 11.9 Å². The van der Waals surface area contributed by atoms with Crippen LogP contribution in [0, 0.1) is 52.3 Å². The normalized spacial score (nSPS) is 57.2. The summed E-state index contributed by atoms with van der Waals surface area (Å²) in [5.41, 5.74) is 1.40. The largest absolute Gasteiger partial charge is 0.430 e. The highest BCUT2D eigenvalue weighted by Gasteiger charge is 2.70. The van der Waals surface area contributed by atoms with Crippen LogP contribution in [0.5, 0.6) is 0 Å². The van der Waals surface area contributed by atoms with E-state index in [4.69, 9.17) is 9.47 Å². The Bertz CT molecular complexity index is 967. The van der Waals surface area contributed by atoms with Gasteiger partial charge in [0.1, 0.15) is 6.10 Å². The second kappa shape index (κ2) is 6.81. The van der Waals surface area contributed by atoms with Crippen molar-refractivity contribution in [3.63, 3.8) is 0 Å². The Morgan fingerprint density at radius 2 is 1.85 bits per heavy atom. The zero-order chi connectivity index (χ0) is 23.5. The van der Waals surface area contributed by atoms with E-state index >= 15 is 0 Å². The molecular formula is C28H38O5. The molecule has 0 aromatic heterocycles. The van der Waals surface area contributed by atoms with Gasteiger partial charge in [-0.05, 0) is 79.3 Å². The van der Waals surface area contributed by atoms with E-state index in [0.29, 0.717) is 17.8 Å². The molecule has 5 heteroatoms. The SMILES string of the molecule is C[C@H]1[C@H]2[C@H](C[C@H]3[C@@H]4CCC5=CC(=O)C=C[C@]5(C)[C@H]4CC[C@]23C)O[C@]2(OC(=O)[C@@H](C)[C@H]2C)[C@H]1O. The number of rotatable bonds is 0. The van der Waals surface area contributed by atoms with Crippen LogP contribution in [0.2, 0.25) is 0 Å². The Morgan fingerprint density at radius 1 is 1.09 bits per heavy atom. The number of hydrogen-bond acceptors (Lipinski definition) is 5. The molecule has 180 valence electrons. The molecule has 2 heterocycles. The van der Waals surface area contributed by atoms with Gasteiger partial charge in [0.2, 0.25) is 5.79 Å². The minimum Gasteiger partial charge on any atom is -0.430 e. The number of esters is 1. The summed E-state index contributed by atoms with van der Waals surface area (Å²) in [7, 11) is 0. The summed E-state index contributed by atoms with van der Waals surface area (Å²) in [4.78, 5) is 24.5. The molecule has 0 radical (unpaired) electrons. The highest BCUT2D eigenvalue weighted by molar-refractivity contribution is 6.01. The fourth-order valence-electron chi connectivity index (χ4n) is 9.51. The highest BCUT2D eigenvalue weighted by atomic mass is 16.7. The number of hydrogen-bond donors (Lipinski definition) is 1. The molecule has 6 aliphatic rings. The molecule has 2 aliphatic heterocycles. The van der Waals surface area contributed by atoms with E-state index in [2.05, 4.69) is 26.8 Å². The van der Waals surface area contributed by atoms with Crippen molar-refractivity contribution in [3.8, 4) is 0 Å². The van der Waals surface area contributed by atoms with E-state index in [0.717, 1.165) is 32.1 Å². The number of ketones is 1. The van der Waals surface area contributed by atoms with Gasteiger partial charge in [0, 0.05) is 11.3 Å². The van der Waals surface area contributed by atoms with Gasteiger partial charge < -0.3 is 14.6 Å². The lowest BCUT2D eigenvalue weighted by Crippen LogP contribution is -2.62. The molecular weight excluding hydrogens is 416 g/mol. The first-order valence-corrected chi connectivity index (χ1v) is 13.1. The third-order valence-corrected chi connectivity index (χ3v) is 11.5. The molecule has 0 amide bonds. The van der Waals surface area contributed by atoms with Gasteiger partial charge in [-0.15, -0.1) is 0 Å². The van der Waals surface area contributed by atoms with Crippen molar-refractivity contribution >= 4 is 11.8 Å². The number of carbonyl (C=O) groups excluding carboxylic acids is 2. The van der Waals surface area contributed by atoms with E-state index in [1.807, 2.05) is 19.9 Å². The van der Waals surface area contributed by atoms with Crippen molar-refractivity contribution in [3.05, 3.63) is 23.8 Å². The topological polar surface area (TPSA) is 72.8 Å². The molecule has 12 atom stereocenters. The predicted octanol–water partition coefficient (Wildman–Crippen LogP) is 4.44. The second-order valence-corrected chi connectivity index (χ2v) is 12.6. The monoisotopic (exact) mass is 454 g/mol. The van der Waals surface area contributed by atoms with Crippen molar-refractivity contribution < 1.29 is 24.2 Å². The Kier molecular flexibility index (Phi) is 4.55. The minimum atomic E-state index is -1.21. The molecule has 4 aliphatic carbocycles. The van der Waals surface area contributed by atoms with Crippen LogP contribution in [0.4, 0.5) is 0 Å². The van der Waals surface area contributed by atoms with Gasteiger partial charge in [-0.3, -0.25) is 9.59 Å². The summed E-state index contributed by atoms with van der Waals surface area (Å²) < 4.78 is 12.5. The Labute approximate surface area is 197 Å². The van der Waals surface area contributed by atoms with Crippen LogP contribution in [0.1, 0.15) is 66.7 Å². The van der Waals surface area contributed by atoms with Crippen LogP contribution in [0.3, 0.4) is 0 Å². The standard InChI is InChI=1S/C28H38O5/c1-14-16(3)28(33-25(14)31)24(30)15(2)23-22(32-28)13-21-19-7-6-17-12-18(29)8-10-26(17,4)20(19)9-11-27(21,23)5/h8,10,12,14-16,19-24,30H,6-7,9,11,13H2,1-5H3/t14-,15-,16+,19+,20-,21-,22-,23-,24-,26-,27-,28+/m0/s1. The predicted molar refractivity (Wildman–Crippen MR) is 123 cm³/mol. The van der Waals surface area contributed by atoms with Crippen LogP contribution in [-0.2, 0) is 19.1 Å². The van der Waals surface area contributed by atoms with Crippen molar-refractivity contribution in [2.45, 2.75) is 84.7 Å².